The lowest BCUT2D eigenvalue weighted by atomic mass is 10.2. The van der Waals surface area contributed by atoms with Crippen molar-refractivity contribution in [1.82, 2.24) is 15.4 Å². The Bertz CT molecular complexity index is 1090. The molecular formula is C21H21F2N7O. The van der Waals surface area contributed by atoms with Gasteiger partial charge in [0.2, 0.25) is 0 Å². The molecule has 31 heavy (non-hydrogen) atoms. The van der Waals surface area contributed by atoms with Crippen LogP contribution in [0.15, 0.2) is 54.9 Å². The smallest absolute Gasteiger partial charge is 0.272 e. The Hall–Kier alpha value is -3.95. The second-order valence-corrected chi connectivity index (χ2v) is 6.94. The van der Waals surface area contributed by atoms with Crippen LogP contribution in [-0.2, 0) is 0 Å². The molecule has 8 nitrogen and oxygen atoms in total. The summed E-state index contributed by atoms with van der Waals surface area (Å²) in [6.45, 7) is 2.35. The summed E-state index contributed by atoms with van der Waals surface area (Å²) in [7, 11) is 0. The van der Waals surface area contributed by atoms with Gasteiger partial charge in [-0.25, -0.2) is 18.7 Å². The zero-order chi connectivity index (χ0) is 21.8. The molecule has 160 valence electrons. The number of benzene rings is 2. The first-order valence-corrected chi connectivity index (χ1v) is 9.70. The fourth-order valence-corrected chi connectivity index (χ4v) is 3.43. The SMILES string of the molecule is Nc1c(NNC(=O)c2ccccc2F)ncnc1N1CCN(c2ccccc2F)CC1. The number of amides is 1. The topological polar surface area (TPSA) is 99.4 Å². The van der Waals surface area contributed by atoms with E-state index in [2.05, 4.69) is 20.8 Å². The minimum absolute atomic E-state index is 0.105. The molecule has 1 saturated heterocycles. The van der Waals surface area contributed by atoms with Crippen molar-refractivity contribution in [2.75, 3.05) is 47.1 Å². The van der Waals surface area contributed by atoms with Gasteiger partial charge in [-0.05, 0) is 24.3 Å². The van der Waals surface area contributed by atoms with Crippen LogP contribution in [0.5, 0.6) is 0 Å². The average Bonchev–Trinajstić information content (AvgIpc) is 2.79. The Morgan fingerprint density at radius 1 is 0.903 bits per heavy atom. The number of hydrogen-bond donors (Lipinski definition) is 3. The second kappa shape index (κ2) is 8.82. The molecule has 3 aromatic rings. The summed E-state index contributed by atoms with van der Waals surface area (Å²) in [5.74, 6) is -0.839. The Morgan fingerprint density at radius 2 is 1.55 bits per heavy atom. The van der Waals surface area contributed by atoms with Gasteiger partial charge in [0.15, 0.2) is 11.6 Å². The van der Waals surface area contributed by atoms with Crippen LogP contribution in [-0.4, -0.2) is 42.1 Å². The number of aromatic nitrogens is 2. The molecule has 1 amide bonds. The molecule has 10 heteroatoms. The van der Waals surface area contributed by atoms with E-state index in [0.717, 1.165) is 0 Å². The van der Waals surface area contributed by atoms with Gasteiger partial charge in [0.25, 0.3) is 5.91 Å². The van der Waals surface area contributed by atoms with Crippen molar-refractivity contribution in [3.8, 4) is 0 Å². The summed E-state index contributed by atoms with van der Waals surface area (Å²) in [6, 6.07) is 12.3. The van der Waals surface area contributed by atoms with Crippen molar-refractivity contribution in [2.24, 2.45) is 0 Å². The van der Waals surface area contributed by atoms with Crippen molar-refractivity contribution in [2.45, 2.75) is 0 Å². The lowest BCUT2D eigenvalue weighted by molar-refractivity contribution is 0.0958. The Balaban J connectivity index is 1.42. The quantitative estimate of drug-likeness (QED) is 0.540. The number of nitrogens with two attached hydrogens (primary N) is 1. The maximum Gasteiger partial charge on any atom is 0.272 e. The van der Waals surface area contributed by atoms with E-state index >= 15 is 0 Å². The number of nitrogen functional groups attached to an aromatic ring is 1. The van der Waals surface area contributed by atoms with E-state index in [1.54, 1.807) is 24.3 Å². The predicted molar refractivity (Wildman–Crippen MR) is 115 cm³/mol. The van der Waals surface area contributed by atoms with Crippen molar-refractivity contribution < 1.29 is 13.6 Å². The standard InChI is InChI=1S/C21H21F2N7O/c22-15-6-2-1-5-14(15)21(31)28-27-19-18(24)20(26-13-25-19)30-11-9-29(10-12-30)17-8-4-3-7-16(17)23/h1-8,13H,9-12,24H2,(H,28,31)(H,25,26,27). The molecule has 0 aliphatic carbocycles. The van der Waals surface area contributed by atoms with Gasteiger partial charge < -0.3 is 15.5 Å². The van der Waals surface area contributed by atoms with Crippen LogP contribution < -0.4 is 26.4 Å². The van der Waals surface area contributed by atoms with E-state index in [1.165, 1.54) is 30.6 Å². The monoisotopic (exact) mass is 425 g/mol. The summed E-state index contributed by atoms with van der Waals surface area (Å²) in [5, 5.41) is 0. The van der Waals surface area contributed by atoms with Gasteiger partial charge in [0.05, 0.1) is 11.3 Å². The molecule has 0 unspecified atom stereocenters. The molecule has 0 bridgehead atoms. The van der Waals surface area contributed by atoms with Crippen molar-refractivity contribution in [1.29, 1.82) is 0 Å². The van der Waals surface area contributed by atoms with E-state index < -0.39 is 11.7 Å². The normalized spacial score (nSPS) is 13.7. The van der Waals surface area contributed by atoms with Crippen LogP contribution in [0.2, 0.25) is 0 Å². The van der Waals surface area contributed by atoms with Gasteiger partial charge in [-0.3, -0.25) is 15.6 Å². The van der Waals surface area contributed by atoms with Crippen LogP contribution in [0.4, 0.5) is 31.8 Å². The van der Waals surface area contributed by atoms with Gasteiger partial charge >= 0.3 is 0 Å². The van der Waals surface area contributed by atoms with E-state index in [4.69, 9.17) is 5.73 Å². The number of para-hydroxylation sites is 1. The number of nitrogens with zero attached hydrogens (tertiary/aromatic N) is 4. The molecule has 2 heterocycles. The number of hydrogen-bond acceptors (Lipinski definition) is 7. The molecule has 1 aliphatic rings. The van der Waals surface area contributed by atoms with Crippen LogP contribution in [0.1, 0.15) is 10.4 Å². The molecule has 1 aliphatic heterocycles. The van der Waals surface area contributed by atoms with Crippen molar-refractivity contribution in [3.05, 3.63) is 72.1 Å². The highest BCUT2D eigenvalue weighted by atomic mass is 19.1. The minimum atomic E-state index is -0.656. The van der Waals surface area contributed by atoms with Crippen LogP contribution in [0.3, 0.4) is 0 Å². The highest BCUT2D eigenvalue weighted by Crippen LogP contribution is 2.28. The maximum absolute atomic E-state index is 14.0. The minimum Gasteiger partial charge on any atom is -0.393 e. The molecule has 0 atom stereocenters. The number of hydrazine groups is 1. The Kier molecular flexibility index (Phi) is 5.78. The molecular weight excluding hydrogens is 404 g/mol. The molecule has 4 N–H and O–H groups in total. The zero-order valence-electron chi connectivity index (χ0n) is 16.6. The number of carbonyl (C=O) groups excluding carboxylic acids is 1. The first kappa shape index (κ1) is 20.3. The third-order valence-corrected chi connectivity index (χ3v) is 5.05. The summed E-state index contributed by atoms with van der Waals surface area (Å²) in [5.41, 5.74) is 11.9. The molecule has 1 fully saturated rings. The van der Waals surface area contributed by atoms with E-state index in [0.29, 0.717) is 37.7 Å². The fraction of sp³-hybridized carbons (Fsp3) is 0.190. The zero-order valence-corrected chi connectivity index (χ0v) is 16.6. The fourth-order valence-electron chi connectivity index (χ4n) is 3.43. The van der Waals surface area contributed by atoms with Crippen molar-refractivity contribution >= 4 is 28.9 Å². The maximum atomic E-state index is 14.0. The molecule has 4 rings (SSSR count). The summed E-state index contributed by atoms with van der Waals surface area (Å²) in [6.07, 6.45) is 1.33. The van der Waals surface area contributed by atoms with Gasteiger partial charge in [-0.2, -0.15) is 0 Å². The van der Waals surface area contributed by atoms with Crippen molar-refractivity contribution in [3.63, 3.8) is 0 Å². The summed E-state index contributed by atoms with van der Waals surface area (Å²) < 4.78 is 27.8. The number of carbonyl (C=O) groups is 1. The molecule has 0 radical (unpaired) electrons. The number of piperazine rings is 1. The highest BCUT2D eigenvalue weighted by molar-refractivity contribution is 5.95. The predicted octanol–water partition coefficient (Wildman–Crippen LogP) is 2.42. The second-order valence-electron chi connectivity index (χ2n) is 6.94. The van der Waals surface area contributed by atoms with E-state index in [9.17, 15) is 13.6 Å². The van der Waals surface area contributed by atoms with Crippen LogP contribution >= 0.6 is 0 Å². The Labute approximate surface area is 177 Å². The lowest BCUT2D eigenvalue weighted by Gasteiger charge is -2.37. The van der Waals surface area contributed by atoms with Gasteiger partial charge in [-0.15, -0.1) is 0 Å². The van der Waals surface area contributed by atoms with Gasteiger partial charge in [-0.1, -0.05) is 24.3 Å². The van der Waals surface area contributed by atoms with E-state index in [-0.39, 0.29) is 22.9 Å². The number of nitrogens with one attached hydrogen (secondary N) is 2. The largest absolute Gasteiger partial charge is 0.393 e. The number of rotatable bonds is 5. The molecule has 0 saturated carbocycles. The van der Waals surface area contributed by atoms with Crippen LogP contribution in [0.25, 0.3) is 0 Å². The van der Waals surface area contributed by atoms with E-state index in [1.807, 2.05) is 9.80 Å². The third kappa shape index (κ3) is 4.32. The highest BCUT2D eigenvalue weighted by Gasteiger charge is 2.23. The molecule has 1 aromatic heterocycles. The first-order valence-electron chi connectivity index (χ1n) is 9.70. The Morgan fingerprint density at radius 3 is 2.26 bits per heavy atom. The average molecular weight is 425 g/mol. The lowest BCUT2D eigenvalue weighted by Crippen LogP contribution is -2.47. The number of halogens is 2. The molecule has 0 spiro atoms. The van der Waals surface area contributed by atoms with Gasteiger partial charge in [0.1, 0.15) is 23.6 Å². The third-order valence-electron chi connectivity index (χ3n) is 5.05. The van der Waals surface area contributed by atoms with Crippen LogP contribution in [0, 0.1) is 11.6 Å². The number of anilines is 4. The first-order chi connectivity index (χ1) is 15.0. The molecule has 2 aromatic carbocycles. The summed E-state index contributed by atoms with van der Waals surface area (Å²) >= 11 is 0. The van der Waals surface area contributed by atoms with Gasteiger partial charge in [0, 0.05) is 26.2 Å². The summed E-state index contributed by atoms with van der Waals surface area (Å²) in [4.78, 5) is 24.4.